The lowest BCUT2D eigenvalue weighted by atomic mass is 9.70. The maximum Gasteiger partial charge on any atom is 0.323 e. The first-order chi connectivity index (χ1) is 11.5. The molecule has 0 saturated heterocycles. The molecule has 25 heavy (non-hydrogen) atoms. The molecule has 7 nitrogen and oxygen atoms in total. The van der Waals surface area contributed by atoms with Crippen LogP contribution in [0.25, 0.3) is 0 Å². The van der Waals surface area contributed by atoms with Gasteiger partial charge in [0, 0.05) is 10.8 Å². The van der Waals surface area contributed by atoms with Crippen molar-refractivity contribution in [1.29, 1.82) is 0 Å². The summed E-state index contributed by atoms with van der Waals surface area (Å²) in [5, 5.41) is 11.5. The Labute approximate surface area is 148 Å². The summed E-state index contributed by atoms with van der Waals surface area (Å²) in [6, 6.07) is -1.73. The van der Waals surface area contributed by atoms with Gasteiger partial charge in [0.15, 0.2) is 5.78 Å². The van der Waals surface area contributed by atoms with Crippen molar-refractivity contribution >= 4 is 17.7 Å². The van der Waals surface area contributed by atoms with E-state index in [4.69, 9.17) is 15.6 Å². The summed E-state index contributed by atoms with van der Waals surface area (Å²) in [6.07, 6.45) is 2.79. The molecule has 2 aliphatic carbocycles. The van der Waals surface area contributed by atoms with Gasteiger partial charge in [0.05, 0.1) is 19.0 Å². The number of carboxylic acids is 1. The molecule has 142 valence electrons. The maximum atomic E-state index is 12.4. The van der Waals surface area contributed by atoms with E-state index >= 15 is 0 Å². The van der Waals surface area contributed by atoms with E-state index in [0.29, 0.717) is 5.92 Å². The molecule has 2 saturated carbocycles. The number of ether oxygens (including phenoxy) is 1. The summed E-state index contributed by atoms with van der Waals surface area (Å²) in [6.45, 7) is 7.99. The number of fused-ring (bicyclic) bond motifs is 2. The first-order valence-corrected chi connectivity index (χ1v) is 8.91. The van der Waals surface area contributed by atoms with Gasteiger partial charge in [-0.05, 0) is 32.1 Å². The van der Waals surface area contributed by atoms with Gasteiger partial charge in [0.2, 0.25) is 0 Å². The minimum Gasteiger partial charge on any atom is -0.481 e. The van der Waals surface area contributed by atoms with Crippen LogP contribution in [0.1, 0.15) is 53.4 Å². The van der Waals surface area contributed by atoms with Crippen LogP contribution in [-0.4, -0.2) is 47.6 Å². The van der Waals surface area contributed by atoms with Crippen LogP contribution in [0.3, 0.4) is 0 Å². The average molecular weight is 354 g/mol. The molecular formula is C18H30N2O5. The number of hydrogen-bond acceptors (Lipinski definition) is 6. The third kappa shape index (κ3) is 4.03. The Morgan fingerprint density at radius 2 is 1.96 bits per heavy atom. The van der Waals surface area contributed by atoms with Gasteiger partial charge >= 0.3 is 11.9 Å². The van der Waals surface area contributed by atoms with Crippen LogP contribution in [0, 0.1) is 16.7 Å². The highest BCUT2D eigenvalue weighted by atomic mass is 16.5. The van der Waals surface area contributed by atoms with Gasteiger partial charge in [0.25, 0.3) is 0 Å². The Balaban J connectivity index is 1.87. The van der Waals surface area contributed by atoms with E-state index in [9.17, 15) is 14.4 Å². The molecule has 4 N–H and O–H groups in total. The van der Waals surface area contributed by atoms with E-state index in [0.717, 1.165) is 12.8 Å². The zero-order chi connectivity index (χ0) is 19.0. The second kappa shape index (κ2) is 7.03. The van der Waals surface area contributed by atoms with Gasteiger partial charge in [-0.3, -0.25) is 19.7 Å². The molecule has 0 aromatic carbocycles. The number of nitrogens with one attached hydrogen (secondary N) is 1. The highest BCUT2D eigenvalue weighted by molar-refractivity contribution is 5.89. The molecule has 0 heterocycles. The fraction of sp³-hybridized carbons (Fsp3) is 0.833. The standard InChI is InChI=1S/C18H30N2O5/c1-10(20-9-13(21)12(19)7-14(22)23)15(24)25-16-17(2,3)11-5-6-18(16,4)8-11/h10-12,16,20H,5-9,19H2,1-4H3,(H,22,23)/t10-,11?,12-,16?,18?/m0/s1. The molecule has 0 radical (unpaired) electrons. The highest BCUT2D eigenvalue weighted by Gasteiger charge is 2.61. The van der Waals surface area contributed by atoms with Gasteiger partial charge in [-0.1, -0.05) is 20.8 Å². The predicted octanol–water partition coefficient (Wildman–Crippen LogP) is 1.09. The van der Waals surface area contributed by atoms with Crippen molar-refractivity contribution in [3.63, 3.8) is 0 Å². The van der Waals surface area contributed by atoms with Crippen LogP contribution < -0.4 is 11.1 Å². The Kier molecular flexibility index (Phi) is 5.59. The smallest absolute Gasteiger partial charge is 0.323 e. The van der Waals surface area contributed by atoms with Crippen molar-refractivity contribution in [2.45, 2.75) is 71.6 Å². The number of carbonyl (C=O) groups excluding carboxylic acids is 2. The summed E-state index contributed by atoms with van der Waals surface area (Å²) >= 11 is 0. The molecular weight excluding hydrogens is 324 g/mol. The van der Waals surface area contributed by atoms with E-state index in [1.165, 1.54) is 6.42 Å². The Morgan fingerprint density at radius 1 is 1.32 bits per heavy atom. The molecule has 2 rings (SSSR count). The zero-order valence-electron chi connectivity index (χ0n) is 15.5. The lowest BCUT2D eigenvalue weighted by Gasteiger charge is -2.42. The first kappa shape index (κ1) is 19.8. The van der Waals surface area contributed by atoms with Gasteiger partial charge in [-0.2, -0.15) is 0 Å². The Morgan fingerprint density at radius 3 is 2.48 bits per heavy atom. The second-order valence-corrected chi connectivity index (χ2v) is 8.51. The Hall–Kier alpha value is -1.47. The van der Waals surface area contributed by atoms with Crippen LogP contribution >= 0.6 is 0 Å². The average Bonchev–Trinajstić information content (AvgIpc) is 2.98. The minimum absolute atomic E-state index is 0.0310. The third-order valence-electron chi connectivity index (χ3n) is 6.12. The van der Waals surface area contributed by atoms with Crippen molar-refractivity contribution in [2.75, 3.05) is 6.54 Å². The molecule has 5 atom stereocenters. The summed E-state index contributed by atoms with van der Waals surface area (Å²) < 4.78 is 5.84. The van der Waals surface area contributed by atoms with E-state index in [-0.39, 0.29) is 29.4 Å². The van der Waals surface area contributed by atoms with Crippen LogP contribution in [0.2, 0.25) is 0 Å². The monoisotopic (exact) mass is 354 g/mol. The van der Waals surface area contributed by atoms with E-state index < -0.39 is 30.3 Å². The fourth-order valence-corrected chi connectivity index (χ4v) is 4.54. The van der Waals surface area contributed by atoms with Crippen molar-refractivity contribution in [3.05, 3.63) is 0 Å². The van der Waals surface area contributed by atoms with E-state index in [1.807, 2.05) is 0 Å². The van der Waals surface area contributed by atoms with Crippen molar-refractivity contribution in [3.8, 4) is 0 Å². The molecule has 2 aliphatic rings. The molecule has 0 aromatic rings. The molecule has 3 unspecified atom stereocenters. The number of aliphatic carboxylic acids is 1. The topological polar surface area (TPSA) is 119 Å². The largest absolute Gasteiger partial charge is 0.481 e. The minimum atomic E-state index is -1.12. The third-order valence-corrected chi connectivity index (χ3v) is 6.12. The quantitative estimate of drug-likeness (QED) is 0.558. The van der Waals surface area contributed by atoms with Crippen LogP contribution in [0.15, 0.2) is 0 Å². The zero-order valence-corrected chi connectivity index (χ0v) is 15.5. The molecule has 7 heteroatoms. The molecule has 0 aromatic heterocycles. The van der Waals surface area contributed by atoms with Gasteiger partial charge in [0.1, 0.15) is 12.1 Å². The Bertz CT molecular complexity index is 557. The SMILES string of the molecule is C[C@H](NCC(=O)[C@@H](N)CC(=O)O)C(=O)OC1C2(C)CCC(C2)C1(C)C. The number of ketones is 1. The molecule has 2 bridgehead atoms. The van der Waals surface area contributed by atoms with Gasteiger partial charge in [-0.15, -0.1) is 0 Å². The normalized spacial score (nSPS) is 32.2. The summed E-state index contributed by atoms with van der Waals surface area (Å²) in [7, 11) is 0. The lowest BCUT2D eigenvalue weighted by Crippen LogP contribution is -2.48. The maximum absolute atomic E-state index is 12.4. The van der Waals surface area contributed by atoms with Crippen LogP contribution in [0.4, 0.5) is 0 Å². The van der Waals surface area contributed by atoms with Gasteiger partial charge < -0.3 is 15.6 Å². The highest BCUT2D eigenvalue weighted by Crippen LogP contribution is 2.63. The van der Waals surface area contributed by atoms with Crippen molar-refractivity contribution < 1.29 is 24.2 Å². The lowest BCUT2D eigenvalue weighted by molar-refractivity contribution is -0.166. The second-order valence-electron chi connectivity index (χ2n) is 8.51. The summed E-state index contributed by atoms with van der Waals surface area (Å²) in [5.74, 6) is -1.37. The fourth-order valence-electron chi connectivity index (χ4n) is 4.54. The number of rotatable bonds is 8. The molecule has 0 amide bonds. The van der Waals surface area contributed by atoms with E-state index in [1.54, 1.807) is 6.92 Å². The molecule has 0 spiro atoms. The number of esters is 1. The number of Topliss-reactive ketones (excluding diaryl/α,β-unsaturated/α-hetero) is 1. The molecule has 2 fully saturated rings. The van der Waals surface area contributed by atoms with Crippen LogP contribution in [0.5, 0.6) is 0 Å². The first-order valence-electron chi connectivity index (χ1n) is 8.91. The number of carboxylic acid groups (broad SMARTS) is 1. The number of hydrogen-bond donors (Lipinski definition) is 3. The van der Waals surface area contributed by atoms with Crippen molar-refractivity contribution in [1.82, 2.24) is 5.32 Å². The number of nitrogens with two attached hydrogens (primary N) is 1. The van der Waals surface area contributed by atoms with Crippen LogP contribution in [-0.2, 0) is 19.1 Å². The number of carbonyl (C=O) groups is 3. The molecule has 0 aliphatic heterocycles. The summed E-state index contributed by atoms with van der Waals surface area (Å²) in [5.41, 5.74) is 5.51. The van der Waals surface area contributed by atoms with Crippen molar-refractivity contribution in [2.24, 2.45) is 22.5 Å². The predicted molar refractivity (Wildman–Crippen MR) is 91.8 cm³/mol. The summed E-state index contributed by atoms with van der Waals surface area (Å²) in [4.78, 5) is 34.8. The van der Waals surface area contributed by atoms with E-state index in [2.05, 4.69) is 26.1 Å². The van der Waals surface area contributed by atoms with Gasteiger partial charge in [-0.25, -0.2) is 0 Å².